The van der Waals surface area contributed by atoms with Crippen molar-refractivity contribution in [2.24, 2.45) is 0 Å². The third kappa shape index (κ3) is 2.97. The summed E-state index contributed by atoms with van der Waals surface area (Å²) in [7, 11) is 1.90. The maximum atomic E-state index is 4.45. The van der Waals surface area contributed by atoms with Gasteiger partial charge in [0.15, 0.2) is 0 Å². The number of hydrogen-bond acceptors (Lipinski definition) is 5. The van der Waals surface area contributed by atoms with Crippen LogP contribution in [0.2, 0.25) is 0 Å². The Kier molecular flexibility index (Phi) is 3.94. The molecule has 0 saturated carbocycles. The zero-order valence-electron chi connectivity index (χ0n) is 12.7. The standard InChI is InChI=1S/C14H25N5/c1-11-12(15-5)16-10-17-13(11)18-6-8-19(9-7-18)14(2,3)4/h10H,6-9H2,1-5H3,(H,15,16,17). The second-order valence-corrected chi connectivity index (χ2v) is 6.07. The lowest BCUT2D eigenvalue weighted by atomic mass is 10.0. The van der Waals surface area contributed by atoms with Gasteiger partial charge in [0, 0.05) is 44.3 Å². The van der Waals surface area contributed by atoms with Crippen molar-refractivity contribution in [1.82, 2.24) is 14.9 Å². The topological polar surface area (TPSA) is 44.3 Å². The molecule has 2 rings (SSSR count). The summed E-state index contributed by atoms with van der Waals surface area (Å²) in [6, 6.07) is 0. The highest BCUT2D eigenvalue weighted by Gasteiger charge is 2.27. The molecular formula is C14H25N5. The molecule has 0 radical (unpaired) electrons. The molecular weight excluding hydrogens is 238 g/mol. The predicted molar refractivity (Wildman–Crippen MR) is 79.9 cm³/mol. The molecule has 106 valence electrons. The highest BCUT2D eigenvalue weighted by molar-refractivity contribution is 5.57. The maximum absolute atomic E-state index is 4.45. The van der Waals surface area contributed by atoms with Crippen molar-refractivity contribution >= 4 is 11.6 Å². The highest BCUT2D eigenvalue weighted by atomic mass is 15.3. The minimum Gasteiger partial charge on any atom is -0.373 e. The molecule has 1 aromatic heterocycles. The zero-order valence-corrected chi connectivity index (χ0v) is 12.7. The van der Waals surface area contributed by atoms with Crippen LogP contribution in [0.5, 0.6) is 0 Å². The molecule has 0 aliphatic carbocycles. The Hall–Kier alpha value is -1.36. The Labute approximate surface area is 116 Å². The lowest BCUT2D eigenvalue weighted by Crippen LogP contribution is -2.53. The molecule has 2 heterocycles. The summed E-state index contributed by atoms with van der Waals surface area (Å²) in [5, 5.41) is 3.12. The average molecular weight is 263 g/mol. The summed E-state index contributed by atoms with van der Waals surface area (Å²) < 4.78 is 0. The molecule has 1 aliphatic heterocycles. The molecule has 1 N–H and O–H groups in total. The number of hydrogen-bond donors (Lipinski definition) is 1. The van der Waals surface area contributed by atoms with E-state index in [0.29, 0.717) is 0 Å². The third-order valence-electron chi connectivity index (χ3n) is 3.82. The number of nitrogens with zero attached hydrogens (tertiary/aromatic N) is 4. The fraction of sp³-hybridized carbons (Fsp3) is 0.714. The number of anilines is 2. The van der Waals surface area contributed by atoms with E-state index in [1.54, 1.807) is 6.33 Å². The summed E-state index contributed by atoms with van der Waals surface area (Å²) in [5.41, 5.74) is 1.39. The molecule has 0 atom stereocenters. The lowest BCUT2D eigenvalue weighted by molar-refractivity contribution is 0.128. The summed E-state index contributed by atoms with van der Waals surface area (Å²) >= 11 is 0. The van der Waals surface area contributed by atoms with Gasteiger partial charge in [-0.1, -0.05) is 0 Å². The third-order valence-corrected chi connectivity index (χ3v) is 3.82. The van der Waals surface area contributed by atoms with E-state index in [-0.39, 0.29) is 5.54 Å². The van der Waals surface area contributed by atoms with Crippen LogP contribution in [0, 0.1) is 6.92 Å². The van der Waals surface area contributed by atoms with Gasteiger partial charge < -0.3 is 10.2 Å². The normalized spacial score (nSPS) is 17.6. The van der Waals surface area contributed by atoms with E-state index in [2.05, 4.69) is 52.8 Å². The van der Waals surface area contributed by atoms with Crippen LogP contribution in [-0.4, -0.2) is 53.6 Å². The second-order valence-electron chi connectivity index (χ2n) is 6.07. The first-order valence-corrected chi connectivity index (χ1v) is 6.93. The summed E-state index contributed by atoms with van der Waals surface area (Å²) in [6.45, 7) is 13.1. The van der Waals surface area contributed by atoms with Crippen LogP contribution >= 0.6 is 0 Å². The van der Waals surface area contributed by atoms with Crippen molar-refractivity contribution in [1.29, 1.82) is 0 Å². The molecule has 0 bridgehead atoms. The number of rotatable bonds is 2. The van der Waals surface area contributed by atoms with Gasteiger partial charge in [-0.3, -0.25) is 4.90 Å². The van der Waals surface area contributed by atoms with Gasteiger partial charge in [-0.05, 0) is 27.7 Å². The van der Waals surface area contributed by atoms with Crippen LogP contribution in [0.4, 0.5) is 11.6 Å². The van der Waals surface area contributed by atoms with E-state index < -0.39 is 0 Å². The van der Waals surface area contributed by atoms with E-state index in [4.69, 9.17) is 0 Å². The van der Waals surface area contributed by atoms with Crippen molar-refractivity contribution in [3.63, 3.8) is 0 Å². The van der Waals surface area contributed by atoms with Crippen LogP contribution in [0.15, 0.2) is 6.33 Å². The van der Waals surface area contributed by atoms with Crippen LogP contribution < -0.4 is 10.2 Å². The van der Waals surface area contributed by atoms with E-state index in [9.17, 15) is 0 Å². The Bertz CT molecular complexity index is 430. The fourth-order valence-corrected chi connectivity index (χ4v) is 2.60. The van der Waals surface area contributed by atoms with Crippen LogP contribution in [0.1, 0.15) is 26.3 Å². The molecule has 1 fully saturated rings. The van der Waals surface area contributed by atoms with Crippen LogP contribution in [-0.2, 0) is 0 Å². The minimum atomic E-state index is 0.253. The predicted octanol–water partition coefficient (Wildman–Crippen LogP) is 1.75. The van der Waals surface area contributed by atoms with Gasteiger partial charge in [0.05, 0.1) is 0 Å². The Balaban J connectivity index is 2.10. The summed E-state index contributed by atoms with van der Waals surface area (Å²) in [5.74, 6) is 1.98. The number of aromatic nitrogens is 2. The van der Waals surface area contributed by atoms with Gasteiger partial charge in [-0.25, -0.2) is 9.97 Å². The number of piperazine rings is 1. The molecule has 5 heteroatoms. The van der Waals surface area contributed by atoms with Crippen LogP contribution in [0.25, 0.3) is 0 Å². The van der Waals surface area contributed by atoms with Gasteiger partial charge in [0.2, 0.25) is 0 Å². The largest absolute Gasteiger partial charge is 0.373 e. The van der Waals surface area contributed by atoms with E-state index in [1.165, 1.54) is 0 Å². The molecule has 1 saturated heterocycles. The minimum absolute atomic E-state index is 0.253. The molecule has 19 heavy (non-hydrogen) atoms. The fourth-order valence-electron chi connectivity index (χ4n) is 2.60. The van der Waals surface area contributed by atoms with E-state index in [1.807, 2.05) is 7.05 Å². The molecule has 1 aromatic rings. The van der Waals surface area contributed by atoms with Crippen LogP contribution in [0.3, 0.4) is 0 Å². The average Bonchev–Trinajstić information content (AvgIpc) is 2.38. The van der Waals surface area contributed by atoms with Crippen molar-refractivity contribution < 1.29 is 0 Å². The quantitative estimate of drug-likeness (QED) is 0.880. The first-order valence-electron chi connectivity index (χ1n) is 6.93. The number of nitrogens with one attached hydrogen (secondary N) is 1. The first-order chi connectivity index (χ1) is 8.93. The SMILES string of the molecule is CNc1ncnc(N2CCN(C(C)(C)C)CC2)c1C. The molecule has 0 aromatic carbocycles. The lowest BCUT2D eigenvalue weighted by Gasteiger charge is -2.42. The van der Waals surface area contributed by atoms with Gasteiger partial charge in [0.1, 0.15) is 18.0 Å². The van der Waals surface area contributed by atoms with Crippen molar-refractivity contribution in [2.75, 3.05) is 43.4 Å². The summed E-state index contributed by atoms with van der Waals surface area (Å²) in [6.07, 6.45) is 1.64. The zero-order chi connectivity index (χ0) is 14.0. The second kappa shape index (κ2) is 5.33. The highest BCUT2D eigenvalue weighted by Crippen LogP contribution is 2.24. The van der Waals surface area contributed by atoms with Gasteiger partial charge in [-0.15, -0.1) is 0 Å². The van der Waals surface area contributed by atoms with E-state index >= 15 is 0 Å². The Morgan fingerprint density at radius 3 is 2.26 bits per heavy atom. The Morgan fingerprint density at radius 1 is 1.11 bits per heavy atom. The van der Waals surface area contributed by atoms with Crippen molar-refractivity contribution in [3.8, 4) is 0 Å². The molecule has 5 nitrogen and oxygen atoms in total. The van der Waals surface area contributed by atoms with E-state index in [0.717, 1.165) is 43.4 Å². The first kappa shape index (κ1) is 14.1. The smallest absolute Gasteiger partial charge is 0.137 e. The monoisotopic (exact) mass is 263 g/mol. The van der Waals surface area contributed by atoms with Crippen molar-refractivity contribution in [3.05, 3.63) is 11.9 Å². The summed E-state index contributed by atoms with van der Waals surface area (Å²) in [4.78, 5) is 13.6. The molecule has 1 aliphatic rings. The van der Waals surface area contributed by atoms with Crippen molar-refractivity contribution in [2.45, 2.75) is 33.2 Å². The maximum Gasteiger partial charge on any atom is 0.137 e. The molecule has 0 unspecified atom stereocenters. The van der Waals surface area contributed by atoms with Gasteiger partial charge in [0.25, 0.3) is 0 Å². The van der Waals surface area contributed by atoms with Gasteiger partial charge in [-0.2, -0.15) is 0 Å². The van der Waals surface area contributed by atoms with Gasteiger partial charge >= 0.3 is 0 Å². The molecule has 0 amide bonds. The Morgan fingerprint density at radius 2 is 1.74 bits per heavy atom. The molecule has 0 spiro atoms.